The molecule has 0 atom stereocenters. The third-order valence-corrected chi connectivity index (χ3v) is 5.25. The number of aromatic nitrogens is 1. The molecule has 0 aliphatic heterocycles. The molecule has 0 radical (unpaired) electrons. The van der Waals surface area contributed by atoms with E-state index in [0.717, 1.165) is 33.0 Å². The van der Waals surface area contributed by atoms with Crippen LogP contribution >= 0.6 is 11.3 Å². The largest absolute Gasteiger partial charge is 0.454 e. The highest BCUT2D eigenvalue weighted by molar-refractivity contribution is 7.17. The number of rotatable bonds is 5. The summed E-state index contributed by atoms with van der Waals surface area (Å²) in [6.07, 6.45) is 3.94. The van der Waals surface area contributed by atoms with Crippen molar-refractivity contribution in [2.24, 2.45) is 5.16 Å². The molecule has 0 N–H and O–H groups in total. The number of benzene rings is 1. The summed E-state index contributed by atoms with van der Waals surface area (Å²) in [6, 6.07) is 11.8. The fraction of sp³-hybridized carbons (Fsp3) is 0.261. The smallest absolute Gasteiger partial charge is 0.155 e. The second-order valence-corrected chi connectivity index (χ2v) is 8.80. The van der Waals surface area contributed by atoms with E-state index in [2.05, 4.69) is 10.1 Å². The van der Waals surface area contributed by atoms with Crippen LogP contribution in [0, 0.1) is 0 Å². The van der Waals surface area contributed by atoms with Crippen LogP contribution in [0.4, 0.5) is 0 Å². The van der Waals surface area contributed by atoms with Gasteiger partial charge in [0.25, 0.3) is 0 Å². The van der Waals surface area contributed by atoms with E-state index in [1.165, 1.54) is 0 Å². The molecule has 3 aromatic heterocycles. The van der Waals surface area contributed by atoms with Crippen LogP contribution in [0.3, 0.4) is 0 Å². The van der Waals surface area contributed by atoms with Crippen molar-refractivity contribution in [2.45, 2.75) is 39.2 Å². The topological polar surface area (TPSA) is 64.7 Å². The van der Waals surface area contributed by atoms with Gasteiger partial charge >= 0.3 is 0 Å². The van der Waals surface area contributed by atoms with Gasteiger partial charge in [0.15, 0.2) is 5.76 Å². The Hall–Kier alpha value is -2.99. The number of hydrogen-bond acceptors (Lipinski definition) is 6. The van der Waals surface area contributed by atoms with E-state index in [4.69, 9.17) is 9.25 Å². The molecule has 0 aliphatic rings. The zero-order valence-corrected chi connectivity index (χ0v) is 17.5. The van der Waals surface area contributed by atoms with E-state index in [-0.39, 0.29) is 0 Å². The number of aryl methyl sites for hydroxylation is 1. The molecule has 0 bridgehead atoms. The fourth-order valence-electron chi connectivity index (χ4n) is 2.98. The maximum atomic E-state index is 10.7. The number of carbonyl (C=O) groups excluding carboxylic acids is 1. The van der Waals surface area contributed by atoms with Crippen LogP contribution in [-0.2, 0) is 16.1 Å². The molecule has 0 aliphatic carbocycles. The van der Waals surface area contributed by atoms with Gasteiger partial charge in [0.05, 0.1) is 0 Å². The Morgan fingerprint density at radius 3 is 2.86 bits per heavy atom. The molecule has 0 saturated heterocycles. The highest BCUT2D eigenvalue weighted by Crippen LogP contribution is 2.27. The lowest BCUT2D eigenvalue weighted by Gasteiger charge is -2.15. The fourth-order valence-corrected chi connectivity index (χ4v) is 3.77. The minimum Gasteiger partial charge on any atom is -0.454 e. The van der Waals surface area contributed by atoms with Crippen LogP contribution in [0.5, 0.6) is 0 Å². The van der Waals surface area contributed by atoms with E-state index in [1.807, 2.05) is 68.7 Å². The van der Waals surface area contributed by atoms with Gasteiger partial charge in [-0.25, -0.2) is 0 Å². The number of fused-ring (bicyclic) bond motifs is 2. The summed E-state index contributed by atoms with van der Waals surface area (Å²) < 4.78 is 7.31. The number of thiophene rings is 1. The van der Waals surface area contributed by atoms with Gasteiger partial charge in [-0.15, -0.1) is 11.3 Å². The van der Waals surface area contributed by atoms with Gasteiger partial charge in [0, 0.05) is 34.2 Å². The van der Waals surface area contributed by atoms with Crippen LogP contribution in [0.25, 0.3) is 32.5 Å². The molecular weight excluding hydrogens is 384 g/mol. The zero-order valence-electron chi connectivity index (χ0n) is 16.6. The number of hydrogen-bond donors (Lipinski definition) is 0. The van der Waals surface area contributed by atoms with Crippen LogP contribution in [0.2, 0.25) is 0 Å². The molecule has 4 rings (SSSR count). The predicted molar refractivity (Wildman–Crippen MR) is 116 cm³/mol. The summed E-state index contributed by atoms with van der Waals surface area (Å²) in [5.41, 5.74) is 2.08. The molecule has 148 valence electrons. The van der Waals surface area contributed by atoms with Gasteiger partial charge in [-0.1, -0.05) is 11.2 Å². The summed E-state index contributed by atoms with van der Waals surface area (Å²) in [6.45, 7) is 5.86. The van der Waals surface area contributed by atoms with E-state index >= 15 is 0 Å². The summed E-state index contributed by atoms with van der Waals surface area (Å²) in [5, 5.41) is 9.09. The lowest BCUT2D eigenvalue weighted by molar-refractivity contribution is -0.107. The Kier molecular flexibility index (Phi) is 5.20. The SMILES string of the molecule is CC(C)(C)O/N=c1/cc(-c2cc3sccc3cn2)oc2ccc(CCC=O)cc12. The first-order valence-electron chi connectivity index (χ1n) is 9.49. The number of nitrogens with zero attached hydrogens (tertiary/aromatic N) is 2. The van der Waals surface area contributed by atoms with Crippen molar-refractivity contribution in [2.75, 3.05) is 0 Å². The molecule has 5 nitrogen and oxygen atoms in total. The summed E-state index contributed by atoms with van der Waals surface area (Å²) in [4.78, 5) is 21.0. The van der Waals surface area contributed by atoms with Crippen molar-refractivity contribution in [3.63, 3.8) is 0 Å². The van der Waals surface area contributed by atoms with E-state index in [0.29, 0.717) is 29.5 Å². The Labute approximate surface area is 172 Å². The average molecular weight is 407 g/mol. The first-order chi connectivity index (χ1) is 13.9. The zero-order chi connectivity index (χ0) is 20.4. The van der Waals surface area contributed by atoms with Gasteiger partial charge in [0.1, 0.15) is 28.5 Å². The molecule has 0 amide bonds. The second kappa shape index (κ2) is 7.79. The molecule has 0 spiro atoms. The van der Waals surface area contributed by atoms with Gasteiger partial charge in [-0.2, -0.15) is 0 Å². The summed E-state index contributed by atoms with van der Waals surface area (Å²) in [7, 11) is 0. The Bertz CT molecular complexity index is 1250. The molecule has 3 heterocycles. The molecule has 29 heavy (non-hydrogen) atoms. The third kappa shape index (κ3) is 4.38. The number of pyridine rings is 1. The Balaban J connectivity index is 1.88. The standard InChI is InChI=1S/C23H22N2O3S/c1-23(2,3)28-25-18-12-21(19-13-22-16(14-24-19)8-10-29-22)27-20-7-6-15(5-4-9-26)11-17(18)20/h6-14H,4-5H2,1-3H3/b25-18-. The molecule has 4 aromatic rings. The molecule has 6 heteroatoms. The van der Waals surface area contributed by atoms with E-state index in [1.54, 1.807) is 11.3 Å². The first kappa shape index (κ1) is 19.3. The number of aldehydes is 1. The lowest BCUT2D eigenvalue weighted by atomic mass is 10.1. The quantitative estimate of drug-likeness (QED) is 0.325. The monoisotopic (exact) mass is 406 g/mol. The van der Waals surface area contributed by atoms with Crippen molar-refractivity contribution in [1.29, 1.82) is 0 Å². The molecule has 0 unspecified atom stereocenters. The van der Waals surface area contributed by atoms with Gasteiger partial charge < -0.3 is 14.0 Å². The Morgan fingerprint density at radius 1 is 1.21 bits per heavy atom. The highest BCUT2D eigenvalue weighted by Gasteiger charge is 2.13. The average Bonchev–Trinajstić information content (AvgIpc) is 3.17. The van der Waals surface area contributed by atoms with E-state index < -0.39 is 5.60 Å². The molecule has 0 fully saturated rings. The van der Waals surface area contributed by atoms with Crippen molar-refractivity contribution in [3.05, 3.63) is 58.9 Å². The lowest BCUT2D eigenvalue weighted by Crippen LogP contribution is -2.18. The van der Waals surface area contributed by atoms with Crippen LogP contribution < -0.4 is 5.36 Å². The van der Waals surface area contributed by atoms with Gasteiger partial charge in [0.2, 0.25) is 0 Å². The molecule has 1 aromatic carbocycles. The van der Waals surface area contributed by atoms with Crippen molar-refractivity contribution < 1.29 is 14.0 Å². The van der Waals surface area contributed by atoms with Crippen molar-refractivity contribution >= 4 is 38.7 Å². The van der Waals surface area contributed by atoms with Crippen molar-refractivity contribution in [3.8, 4) is 11.5 Å². The molecular formula is C23H22N2O3S. The summed E-state index contributed by atoms with van der Waals surface area (Å²) in [5.74, 6) is 0.629. The normalized spacial score (nSPS) is 12.6. The van der Waals surface area contributed by atoms with Crippen molar-refractivity contribution in [1.82, 2.24) is 4.98 Å². The minimum atomic E-state index is -0.414. The number of carbonyl (C=O) groups is 1. The van der Waals surface area contributed by atoms with Crippen LogP contribution in [0.1, 0.15) is 32.8 Å². The van der Waals surface area contributed by atoms with Crippen LogP contribution in [0.15, 0.2) is 57.5 Å². The Morgan fingerprint density at radius 2 is 2.07 bits per heavy atom. The summed E-state index contributed by atoms with van der Waals surface area (Å²) >= 11 is 1.67. The second-order valence-electron chi connectivity index (χ2n) is 7.85. The third-order valence-electron chi connectivity index (χ3n) is 4.37. The van der Waals surface area contributed by atoms with Gasteiger partial charge in [-0.3, -0.25) is 4.98 Å². The van der Waals surface area contributed by atoms with Gasteiger partial charge in [-0.05, 0) is 62.4 Å². The van der Waals surface area contributed by atoms with E-state index in [9.17, 15) is 4.79 Å². The maximum Gasteiger partial charge on any atom is 0.155 e. The first-order valence-corrected chi connectivity index (χ1v) is 10.4. The highest BCUT2D eigenvalue weighted by atomic mass is 32.1. The maximum absolute atomic E-state index is 10.7. The van der Waals surface area contributed by atoms with Crippen LogP contribution in [-0.4, -0.2) is 16.9 Å². The molecule has 0 saturated carbocycles. The predicted octanol–water partition coefficient (Wildman–Crippen LogP) is 5.47. The minimum absolute atomic E-state index is 0.414.